The van der Waals surface area contributed by atoms with Crippen LogP contribution in [0.4, 0.5) is 11.5 Å². The van der Waals surface area contributed by atoms with Crippen molar-refractivity contribution in [1.29, 1.82) is 0 Å². The molecule has 2 aromatic heterocycles. The molecule has 0 saturated heterocycles. The van der Waals surface area contributed by atoms with Crippen molar-refractivity contribution in [3.8, 4) is 0 Å². The van der Waals surface area contributed by atoms with Crippen molar-refractivity contribution in [3.05, 3.63) is 47.9 Å². The van der Waals surface area contributed by atoms with Crippen molar-refractivity contribution in [3.63, 3.8) is 0 Å². The maximum absolute atomic E-state index is 12.2. The van der Waals surface area contributed by atoms with Gasteiger partial charge in [-0.3, -0.25) is 9.78 Å². The van der Waals surface area contributed by atoms with E-state index in [1.54, 1.807) is 30.7 Å². The predicted molar refractivity (Wildman–Crippen MR) is 75.3 cm³/mol. The molecule has 2 heterocycles. The largest absolute Gasteiger partial charge is 0.385 e. The summed E-state index contributed by atoms with van der Waals surface area (Å²) in [6.07, 6.45) is 4.91. The third kappa shape index (κ3) is 3.28. The molecule has 0 aliphatic heterocycles. The fourth-order valence-corrected chi connectivity index (χ4v) is 1.65. The van der Waals surface area contributed by atoms with Gasteiger partial charge in [-0.25, -0.2) is 4.98 Å². The standard InChI is InChI=1S/C14H16N4O/c1-3-16-12-6-7-15-9-11(12)14(19)18-13-5-4-10(2)8-17-13/h4-9H,3H2,1-2H3,(H,15,16)(H,17,18,19). The second-order valence-corrected chi connectivity index (χ2v) is 4.13. The Bertz CT molecular complexity index is 566. The Morgan fingerprint density at radius 3 is 2.79 bits per heavy atom. The van der Waals surface area contributed by atoms with Crippen LogP contribution in [0.1, 0.15) is 22.8 Å². The number of amides is 1. The molecule has 0 aliphatic carbocycles. The summed E-state index contributed by atoms with van der Waals surface area (Å²) < 4.78 is 0. The van der Waals surface area contributed by atoms with E-state index >= 15 is 0 Å². The van der Waals surface area contributed by atoms with Gasteiger partial charge in [0.25, 0.3) is 5.91 Å². The van der Waals surface area contributed by atoms with E-state index in [-0.39, 0.29) is 5.91 Å². The number of hydrogen-bond acceptors (Lipinski definition) is 4. The quantitative estimate of drug-likeness (QED) is 0.881. The van der Waals surface area contributed by atoms with E-state index in [2.05, 4.69) is 20.6 Å². The van der Waals surface area contributed by atoms with E-state index in [1.807, 2.05) is 19.9 Å². The topological polar surface area (TPSA) is 66.9 Å². The molecule has 5 heteroatoms. The number of anilines is 2. The van der Waals surface area contributed by atoms with Gasteiger partial charge in [-0.2, -0.15) is 0 Å². The van der Waals surface area contributed by atoms with Crippen LogP contribution < -0.4 is 10.6 Å². The van der Waals surface area contributed by atoms with Crippen molar-refractivity contribution in [2.24, 2.45) is 0 Å². The predicted octanol–water partition coefficient (Wildman–Crippen LogP) is 2.47. The van der Waals surface area contributed by atoms with E-state index in [0.29, 0.717) is 11.4 Å². The Morgan fingerprint density at radius 1 is 1.26 bits per heavy atom. The molecular formula is C14H16N4O. The van der Waals surface area contributed by atoms with Gasteiger partial charge in [0.1, 0.15) is 5.82 Å². The van der Waals surface area contributed by atoms with Crippen LogP contribution in [-0.4, -0.2) is 22.4 Å². The van der Waals surface area contributed by atoms with Crippen molar-refractivity contribution in [2.75, 3.05) is 17.2 Å². The zero-order chi connectivity index (χ0) is 13.7. The molecular weight excluding hydrogens is 240 g/mol. The minimum Gasteiger partial charge on any atom is -0.385 e. The molecule has 98 valence electrons. The van der Waals surface area contributed by atoms with Crippen molar-refractivity contribution < 1.29 is 4.79 Å². The molecule has 0 aromatic carbocycles. The first-order valence-corrected chi connectivity index (χ1v) is 6.12. The molecule has 2 rings (SSSR count). The Balaban J connectivity index is 2.18. The molecule has 2 N–H and O–H groups in total. The summed E-state index contributed by atoms with van der Waals surface area (Å²) in [4.78, 5) is 20.3. The lowest BCUT2D eigenvalue weighted by Gasteiger charge is -2.10. The van der Waals surface area contributed by atoms with Crippen LogP contribution in [0.2, 0.25) is 0 Å². The van der Waals surface area contributed by atoms with Crippen LogP contribution in [0.3, 0.4) is 0 Å². The molecule has 5 nitrogen and oxygen atoms in total. The number of rotatable bonds is 4. The van der Waals surface area contributed by atoms with E-state index in [0.717, 1.165) is 17.8 Å². The number of aromatic nitrogens is 2. The summed E-state index contributed by atoms with van der Waals surface area (Å²) in [5.74, 6) is 0.308. The average Bonchev–Trinajstić information content (AvgIpc) is 2.42. The van der Waals surface area contributed by atoms with Gasteiger partial charge in [-0.05, 0) is 31.5 Å². The van der Waals surface area contributed by atoms with Crippen LogP contribution >= 0.6 is 0 Å². The highest BCUT2D eigenvalue weighted by Gasteiger charge is 2.11. The molecule has 0 aliphatic rings. The van der Waals surface area contributed by atoms with Gasteiger partial charge in [-0.1, -0.05) is 6.07 Å². The van der Waals surface area contributed by atoms with Gasteiger partial charge in [0.2, 0.25) is 0 Å². The third-order valence-corrected chi connectivity index (χ3v) is 2.59. The van der Waals surface area contributed by atoms with Crippen molar-refractivity contribution in [2.45, 2.75) is 13.8 Å². The second kappa shape index (κ2) is 5.95. The summed E-state index contributed by atoms with van der Waals surface area (Å²) in [5.41, 5.74) is 2.32. The van der Waals surface area contributed by atoms with Gasteiger partial charge >= 0.3 is 0 Å². The smallest absolute Gasteiger partial charge is 0.260 e. The number of nitrogens with one attached hydrogen (secondary N) is 2. The molecule has 0 fully saturated rings. The summed E-state index contributed by atoms with van der Waals surface area (Å²) in [6.45, 7) is 4.67. The Morgan fingerprint density at radius 2 is 2.11 bits per heavy atom. The van der Waals surface area contributed by atoms with Crippen LogP contribution in [0, 0.1) is 6.92 Å². The third-order valence-electron chi connectivity index (χ3n) is 2.59. The highest BCUT2D eigenvalue weighted by Crippen LogP contribution is 2.15. The summed E-state index contributed by atoms with van der Waals surface area (Å²) in [6, 6.07) is 5.45. The fraction of sp³-hybridized carbons (Fsp3) is 0.214. The zero-order valence-electron chi connectivity index (χ0n) is 11.0. The number of pyridine rings is 2. The second-order valence-electron chi connectivity index (χ2n) is 4.13. The number of hydrogen-bond donors (Lipinski definition) is 2. The summed E-state index contributed by atoms with van der Waals surface area (Å²) >= 11 is 0. The molecule has 2 aromatic rings. The molecule has 0 atom stereocenters. The van der Waals surface area contributed by atoms with Gasteiger partial charge in [0.15, 0.2) is 0 Å². The Labute approximate surface area is 112 Å². The highest BCUT2D eigenvalue weighted by molar-refractivity contribution is 6.07. The Hall–Kier alpha value is -2.43. The first-order chi connectivity index (χ1) is 9.20. The van der Waals surface area contributed by atoms with Crippen molar-refractivity contribution in [1.82, 2.24) is 9.97 Å². The van der Waals surface area contributed by atoms with Gasteiger partial charge in [0, 0.05) is 25.1 Å². The van der Waals surface area contributed by atoms with Gasteiger partial charge < -0.3 is 10.6 Å². The summed E-state index contributed by atoms with van der Waals surface area (Å²) in [5, 5.41) is 5.88. The maximum Gasteiger partial charge on any atom is 0.260 e. The minimum absolute atomic E-state index is 0.222. The number of carbonyl (C=O) groups excluding carboxylic acids is 1. The maximum atomic E-state index is 12.2. The van der Waals surface area contributed by atoms with Crippen molar-refractivity contribution >= 4 is 17.4 Å². The average molecular weight is 256 g/mol. The molecule has 0 unspecified atom stereocenters. The number of carbonyl (C=O) groups is 1. The highest BCUT2D eigenvalue weighted by atomic mass is 16.1. The molecule has 1 amide bonds. The van der Waals surface area contributed by atoms with E-state index < -0.39 is 0 Å². The van der Waals surface area contributed by atoms with Gasteiger partial charge in [0.05, 0.1) is 11.3 Å². The lowest BCUT2D eigenvalue weighted by molar-refractivity contribution is 0.102. The summed E-state index contributed by atoms with van der Waals surface area (Å²) in [7, 11) is 0. The first-order valence-electron chi connectivity index (χ1n) is 6.12. The minimum atomic E-state index is -0.222. The van der Waals surface area contributed by atoms with E-state index in [4.69, 9.17) is 0 Å². The lowest BCUT2D eigenvalue weighted by Crippen LogP contribution is -2.15. The van der Waals surface area contributed by atoms with Crippen LogP contribution in [0.5, 0.6) is 0 Å². The van der Waals surface area contributed by atoms with Crippen LogP contribution in [0.15, 0.2) is 36.8 Å². The SMILES string of the molecule is CCNc1ccncc1C(=O)Nc1ccc(C)cn1. The monoisotopic (exact) mass is 256 g/mol. The molecule has 0 bridgehead atoms. The lowest BCUT2D eigenvalue weighted by atomic mass is 10.2. The number of nitrogens with zero attached hydrogens (tertiary/aromatic N) is 2. The van der Waals surface area contributed by atoms with Gasteiger partial charge in [-0.15, -0.1) is 0 Å². The number of aryl methyl sites for hydroxylation is 1. The van der Waals surface area contributed by atoms with Crippen LogP contribution in [-0.2, 0) is 0 Å². The Kier molecular flexibility index (Phi) is 4.07. The fourth-order valence-electron chi connectivity index (χ4n) is 1.65. The van der Waals surface area contributed by atoms with E-state index in [9.17, 15) is 4.79 Å². The molecule has 0 saturated carbocycles. The first kappa shape index (κ1) is 13.0. The normalized spacial score (nSPS) is 10.0. The molecule has 0 spiro atoms. The van der Waals surface area contributed by atoms with E-state index in [1.165, 1.54) is 0 Å². The van der Waals surface area contributed by atoms with Crippen LogP contribution in [0.25, 0.3) is 0 Å². The zero-order valence-corrected chi connectivity index (χ0v) is 11.0. The molecule has 19 heavy (non-hydrogen) atoms. The molecule has 0 radical (unpaired) electrons.